The van der Waals surface area contributed by atoms with Crippen LogP contribution in [0.5, 0.6) is 0 Å². The molecule has 0 spiro atoms. The van der Waals surface area contributed by atoms with Crippen molar-refractivity contribution < 1.29 is 14.7 Å². The van der Waals surface area contributed by atoms with Crippen molar-refractivity contribution in [1.82, 2.24) is 25.4 Å². The van der Waals surface area contributed by atoms with Crippen LogP contribution in [0.3, 0.4) is 0 Å². The molecule has 1 aromatic heterocycles. The predicted octanol–water partition coefficient (Wildman–Crippen LogP) is -0.478. The van der Waals surface area contributed by atoms with E-state index in [0.717, 1.165) is 0 Å². The summed E-state index contributed by atoms with van der Waals surface area (Å²) in [6.45, 7) is 0.786. The van der Waals surface area contributed by atoms with Crippen molar-refractivity contribution in [2.24, 2.45) is 7.05 Å². The van der Waals surface area contributed by atoms with E-state index in [2.05, 4.69) is 20.7 Å². The maximum atomic E-state index is 11.3. The first-order valence-corrected chi connectivity index (χ1v) is 5.66. The lowest BCUT2D eigenvalue weighted by molar-refractivity contribution is -0.137. The van der Waals surface area contributed by atoms with Gasteiger partial charge in [-0.3, -0.25) is 9.48 Å². The van der Waals surface area contributed by atoms with Gasteiger partial charge in [0.05, 0.1) is 0 Å². The highest BCUT2D eigenvalue weighted by Gasteiger charge is 2.02. The molecule has 0 atom stereocenters. The Morgan fingerprint density at radius 2 is 2.11 bits per heavy atom. The SMILES string of the molecule is Cn1cnc(CCNC(=O)NCCCC(=O)O)n1. The lowest BCUT2D eigenvalue weighted by atomic mass is 10.3. The second kappa shape index (κ2) is 7.25. The molecule has 18 heavy (non-hydrogen) atoms. The van der Waals surface area contributed by atoms with Crippen molar-refractivity contribution in [1.29, 1.82) is 0 Å². The molecule has 0 unspecified atom stereocenters. The average Bonchev–Trinajstić information content (AvgIpc) is 2.70. The number of aryl methyl sites for hydroxylation is 1. The molecule has 0 radical (unpaired) electrons. The van der Waals surface area contributed by atoms with Gasteiger partial charge in [0.2, 0.25) is 0 Å². The second-order valence-electron chi connectivity index (χ2n) is 3.76. The highest BCUT2D eigenvalue weighted by atomic mass is 16.4. The molecule has 1 aromatic rings. The lowest BCUT2D eigenvalue weighted by Gasteiger charge is -2.05. The van der Waals surface area contributed by atoms with Crippen LogP contribution in [-0.4, -0.2) is 45.0 Å². The number of aliphatic carboxylic acids is 1. The second-order valence-corrected chi connectivity index (χ2v) is 3.76. The van der Waals surface area contributed by atoms with Crippen molar-refractivity contribution >= 4 is 12.0 Å². The van der Waals surface area contributed by atoms with Gasteiger partial charge in [0.25, 0.3) is 0 Å². The maximum absolute atomic E-state index is 11.3. The molecule has 0 saturated heterocycles. The number of carboxylic acid groups (broad SMARTS) is 1. The number of carboxylic acids is 1. The van der Waals surface area contributed by atoms with E-state index in [-0.39, 0.29) is 12.5 Å². The predicted molar refractivity (Wildman–Crippen MR) is 63.0 cm³/mol. The Hall–Kier alpha value is -2.12. The summed E-state index contributed by atoms with van der Waals surface area (Å²) in [6.07, 6.45) is 2.63. The van der Waals surface area contributed by atoms with E-state index >= 15 is 0 Å². The van der Waals surface area contributed by atoms with Crippen LogP contribution in [0, 0.1) is 0 Å². The number of hydrogen-bond acceptors (Lipinski definition) is 4. The number of rotatable bonds is 7. The summed E-state index contributed by atoms with van der Waals surface area (Å²) in [5.74, 6) is -0.192. The third-order valence-electron chi connectivity index (χ3n) is 2.13. The first kappa shape index (κ1) is 13.9. The molecule has 3 N–H and O–H groups in total. The minimum Gasteiger partial charge on any atom is -0.481 e. The van der Waals surface area contributed by atoms with E-state index in [0.29, 0.717) is 31.8 Å². The quantitative estimate of drug-likeness (QED) is 0.570. The highest BCUT2D eigenvalue weighted by Crippen LogP contribution is 1.88. The summed E-state index contributed by atoms with van der Waals surface area (Å²) < 4.78 is 1.60. The summed E-state index contributed by atoms with van der Waals surface area (Å²) in [4.78, 5) is 25.5. The number of nitrogens with one attached hydrogen (secondary N) is 2. The Morgan fingerprint density at radius 3 is 2.72 bits per heavy atom. The average molecular weight is 255 g/mol. The van der Waals surface area contributed by atoms with E-state index in [1.165, 1.54) is 0 Å². The van der Waals surface area contributed by atoms with E-state index in [1.807, 2.05) is 0 Å². The van der Waals surface area contributed by atoms with E-state index in [1.54, 1.807) is 18.1 Å². The van der Waals surface area contributed by atoms with Crippen molar-refractivity contribution in [2.75, 3.05) is 13.1 Å². The van der Waals surface area contributed by atoms with Crippen molar-refractivity contribution in [3.8, 4) is 0 Å². The van der Waals surface area contributed by atoms with Crippen LogP contribution in [-0.2, 0) is 18.3 Å². The fourth-order valence-corrected chi connectivity index (χ4v) is 1.29. The molecule has 0 saturated carbocycles. The van der Waals surface area contributed by atoms with Crippen LogP contribution < -0.4 is 10.6 Å². The molecule has 8 heteroatoms. The molecular formula is C10H17N5O3. The van der Waals surface area contributed by atoms with Gasteiger partial charge in [-0.15, -0.1) is 0 Å². The van der Waals surface area contributed by atoms with Gasteiger partial charge < -0.3 is 15.7 Å². The molecule has 0 aromatic carbocycles. The minimum atomic E-state index is -0.863. The fraction of sp³-hybridized carbons (Fsp3) is 0.600. The van der Waals surface area contributed by atoms with Crippen molar-refractivity contribution in [2.45, 2.75) is 19.3 Å². The van der Waals surface area contributed by atoms with Crippen LogP contribution in [0.2, 0.25) is 0 Å². The zero-order valence-electron chi connectivity index (χ0n) is 10.2. The Balaban J connectivity index is 2.05. The highest BCUT2D eigenvalue weighted by molar-refractivity contribution is 5.73. The van der Waals surface area contributed by atoms with Crippen molar-refractivity contribution in [3.63, 3.8) is 0 Å². The first-order chi connectivity index (χ1) is 8.58. The number of carbonyl (C=O) groups excluding carboxylic acids is 1. The van der Waals surface area contributed by atoms with Crippen molar-refractivity contribution in [3.05, 3.63) is 12.2 Å². The number of nitrogens with zero attached hydrogens (tertiary/aromatic N) is 3. The summed E-state index contributed by atoms with van der Waals surface area (Å²) in [5.41, 5.74) is 0. The van der Waals surface area contributed by atoms with E-state index < -0.39 is 5.97 Å². The van der Waals surface area contributed by atoms with Gasteiger partial charge in [-0.05, 0) is 6.42 Å². The zero-order valence-corrected chi connectivity index (χ0v) is 10.2. The van der Waals surface area contributed by atoms with Gasteiger partial charge >= 0.3 is 12.0 Å². The molecule has 0 fully saturated rings. The van der Waals surface area contributed by atoms with Crippen LogP contribution in [0.15, 0.2) is 6.33 Å². The van der Waals surface area contributed by atoms with Crippen LogP contribution in [0.25, 0.3) is 0 Å². The molecule has 1 heterocycles. The molecule has 0 aliphatic carbocycles. The first-order valence-electron chi connectivity index (χ1n) is 5.66. The third kappa shape index (κ3) is 5.83. The molecular weight excluding hydrogens is 238 g/mol. The maximum Gasteiger partial charge on any atom is 0.314 e. The monoisotopic (exact) mass is 255 g/mol. The van der Waals surface area contributed by atoms with Crippen LogP contribution in [0.4, 0.5) is 4.79 Å². The Labute approximate surface area is 104 Å². The van der Waals surface area contributed by atoms with Crippen LogP contribution in [0.1, 0.15) is 18.7 Å². The van der Waals surface area contributed by atoms with Gasteiger partial charge in [0.1, 0.15) is 6.33 Å². The van der Waals surface area contributed by atoms with Gasteiger partial charge in [-0.1, -0.05) is 0 Å². The molecule has 2 amide bonds. The van der Waals surface area contributed by atoms with E-state index in [9.17, 15) is 9.59 Å². The number of carbonyl (C=O) groups is 2. The standard InChI is InChI=1S/C10H17N5O3/c1-15-7-13-8(14-15)4-6-12-10(18)11-5-2-3-9(16)17/h7H,2-6H2,1H3,(H,16,17)(H2,11,12,18). The molecule has 1 rings (SSSR count). The number of hydrogen-bond donors (Lipinski definition) is 3. The smallest absolute Gasteiger partial charge is 0.314 e. The molecule has 8 nitrogen and oxygen atoms in total. The number of aromatic nitrogens is 3. The number of urea groups is 1. The normalized spacial score (nSPS) is 10.1. The molecule has 100 valence electrons. The topological polar surface area (TPSA) is 109 Å². The minimum absolute atomic E-state index is 0.0537. The zero-order chi connectivity index (χ0) is 13.4. The summed E-state index contributed by atoms with van der Waals surface area (Å²) in [7, 11) is 1.78. The molecule has 0 bridgehead atoms. The van der Waals surface area contributed by atoms with Crippen LogP contribution >= 0.6 is 0 Å². The Kier molecular flexibility index (Phi) is 5.62. The molecule has 0 aliphatic heterocycles. The fourth-order valence-electron chi connectivity index (χ4n) is 1.29. The van der Waals surface area contributed by atoms with Gasteiger partial charge in [0, 0.05) is 33.0 Å². The van der Waals surface area contributed by atoms with E-state index in [4.69, 9.17) is 5.11 Å². The number of amides is 2. The van der Waals surface area contributed by atoms with Gasteiger partial charge in [-0.2, -0.15) is 5.10 Å². The Morgan fingerprint density at radius 1 is 1.39 bits per heavy atom. The Bertz CT molecular complexity index is 404. The summed E-state index contributed by atoms with van der Waals surface area (Å²) in [6, 6.07) is -0.309. The summed E-state index contributed by atoms with van der Waals surface area (Å²) in [5, 5.41) is 17.7. The molecule has 0 aliphatic rings. The third-order valence-corrected chi connectivity index (χ3v) is 2.13. The largest absolute Gasteiger partial charge is 0.481 e. The lowest BCUT2D eigenvalue weighted by Crippen LogP contribution is -2.37. The van der Waals surface area contributed by atoms with Gasteiger partial charge in [0.15, 0.2) is 5.82 Å². The van der Waals surface area contributed by atoms with Gasteiger partial charge in [-0.25, -0.2) is 9.78 Å². The summed E-state index contributed by atoms with van der Waals surface area (Å²) >= 11 is 0.